The van der Waals surface area contributed by atoms with Crippen LogP contribution in [-0.2, 0) is 40.5 Å². The molecule has 0 N–H and O–H groups in total. The molecule has 0 fully saturated rings. The topological polar surface area (TPSA) is 50.5 Å². The number of ketones is 1. The third-order valence-electron chi connectivity index (χ3n) is 7.87. The molecule has 0 saturated carbocycles. The van der Waals surface area contributed by atoms with Gasteiger partial charge in [-0.15, -0.1) is 0 Å². The summed E-state index contributed by atoms with van der Waals surface area (Å²) in [5, 5.41) is 1.75. The molecule has 1 aromatic heterocycles. The molecule has 43 heavy (non-hydrogen) atoms. The summed E-state index contributed by atoms with van der Waals surface area (Å²) in [5.74, 6) is -0.942. The Morgan fingerprint density at radius 2 is 1.56 bits per heavy atom. The van der Waals surface area contributed by atoms with Crippen molar-refractivity contribution < 1.29 is 26.6 Å². The van der Waals surface area contributed by atoms with Crippen LogP contribution in [0.3, 0.4) is 0 Å². The summed E-state index contributed by atoms with van der Waals surface area (Å²) in [6.07, 6.45) is -4.61. The van der Waals surface area contributed by atoms with Crippen LogP contribution in [0.4, 0.5) is 13.2 Å². The largest absolute Gasteiger partial charge is 0.455 e. The quantitative estimate of drug-likeness (QED) is 0.169. The van der Waals surface area contributed by atoms with Gasteiger partial charge in [0.1, 0.15) is 22.5 Å². The lowest BCUT2D eigenvalue weighted by molar-refractivity contribution is -0.153. The van der Waals surface area contributed by atoms with Gasteiger partial charge in [0.05, 0.1) is 11.4 Å². The second kappa shape index (κ2) is 11.9. The van der Waals surface area contributed by atoms with Crippen molar-refractivity contribution in [2.45, 2.75) is 57.3 Å². The summed E-state index contributed by atoms with van der Waals surface area (Å²) in [4.78, 5) is 12.8. The average molecular weight is 604 g/mol. The van der Waals surface area contributed by atoms with Gasteiger partial charge in [0.2, 0.25) is 5.76 Å². The molecule has 0 aliphatic rings. The van der Waals surface area contributed by atoms with Crippen molar-refractivity contribution >= 4 is 27.5 Å². The molecule has 8 heteroatoms. The number of halogens is 3. The number of alkyl halides is 3. The van der Waals surface area contributed by atoms with Crippen LogP contribution >= 0.6 is 0 Å². The van der Waals surface area contributed by atoms with Crippen molar-refractivity contribution in [3.8, 4) is 11.1 Å². The van der Waals surface area contributed by atoms with Crippen LogP contribution in [0.5, 0.6) is 0 Å². The first-order valence-corrected chi connectivity index (χ1v) is 15.0. The molecule has 0 spiro atoms. The molecule has 222 valence electrons. The molecule has 0 bridgehead atoms. The van der Waals surface area contributed by atoms with Crippen LogP contribution in [-0.4, -0.2) is 14.3 Å². The molecule has 0 amide bonds. The molecule has 1 unspecified atom stereocenters. The summed E-state index contributed by atoms with van der Waals surface area (Å²) < 4.78 is 60.7. The summed E-state index contributed by atoms with van der Waals surface area (Å²) in [6, 6.07) is 29.3. The number of carbonyl (C=O) groups excluding carboxylic acids is 1. The summed E-state index contributed by atoms with van der Waals surface area (Å²) in [6.45, 7) is 7.39. The molecule has 5 aromatic rings. The average Bonchev–Trinajstić information content (AvgIpc) is 3.46. The van der Waals surface area contributed by atoms with Gasteiger partial charge in [-0.2, -0.15) is 13.2 Å². The molecule has 5 rings (SSSR count). The van der Waals surface area contributed by atoms with Gasteiger partial charge in [-0.3, -0.25) is 4.79 Å². The van der Waals surface area contributed by atoms with Crippen molar-refractivity contribution in [1.82, 2.24) is 4.31 Å². The number of furan rings is 1. The predicted molar refractivity (Wildman–Crippen MR) is 164 cm³/mol. The molecule has 0 radical (unpaired) electrons. The molecule has 1 atom stereocenters. The van der Waals surface area contributed by atoms with E-state index in [2.05, 4.69) is 0 Å². The van der Waals surface area contributed by atoms with Crippen LogP contribution in [0, 0.1) is 6.92 Å². The number of fused-ring (bicyclic) bond motifs is 1. The third kappa shape index (κ3) is 6.50. The standard InChI is InChI=1S/C35H32F3NO3S/c1-23-12-15-27-8-5-6-11-31(27)33(23)43(41)39(22-30-18-19-32(42-30)35(36,37)38)21-25-13-16-26(17-14-25)28-9-7-10-29(20-28)34(3,4)24(2)40/h5-20H,21-22H2,1-4H3. The highest BCUT2D eigenvalue weighted by Crippen LogP contribution is 2.33. The van der Waals surface area contributed by atoms with E-state index in [1.54, 1.807) is 11.2 Å². The van der Waals surface area contributed by atoms with E-state index >= 15 is 0 Å². The number of carbonyl (C=O) groups is 1. The molecular formula is C35H32F3NO3S. The van der Waals surface area contributed by atoms with Crippen molar-refractivity contribution in [1.29, 1.82) is 0 Å². The van der Waals surface area contributed by atoms with Crippen LogP contribution in [0.15, 0.2) is 106 Å². The first kappa shape index (κ1) is 30.4. The molecule has 4 nitrogen and oxygen atoms in total. The van der Waals surface area contributed by atoms with Gasteiger partial charge in [0.15, 0.2) is 0 Å². The van der Waals surface area contributed by atoms with Gasteiger partial charge in [-0.25, -0.2) is 8.51 Å². The van der Waals surface area contributed by atoms with E-state index < -0.39 is 28.3 Å². The maximum absolute atomic E-state index is 14.2. The van der Waals surface area contributed by atoms with E-state index in [0.717, 1.165) is 44.7 Å². The Morgan fingerprint density at radius 1 is 0.837 bits per heavy atom. The lowest BCUT2D eigenvalue weighted by atomic mass is 9.80. The number of hydrogen-bond acceptors (Lipinski definition) is 3. The zero-order valence-corrected chi connectivity index (χ0v) is 25.2. The fourth-order valence-corrected chi connectivity index (χ4v) is 6.46. The Balaban J connectivity index is 1.48. The van der Waals surface area contributed by atoms with Crippen LogP contribution in [0.1, 0.15) is 49.0 Å². The first-order chi connectivity index (χ1) is 20.3. The van der Waals surface area contributed by atoms with Gasteiger partial charge in [0.25, 0.3) is 0 Å². The highest BCUT2D eigenvalue weighted by atomic mass is 32.2. The Bertz CT molecular complexity index is 1810. The van der Waals surface area contributed by atoms with Crippen LogP contribution in [0.2, 0.25) is 0 Å². The minimum absolute atomic E-state index is 0.0695. The molecule has 0 aliphatic carbocycles. The van der Waals surface area contributed by atoms with E-state index in [9.17, 15) is 22.2 Å². The molecule has 1 heterocycles. The Kier molecular flexibility index (Phi) is 8.45. The van der Waals surface area contributed by atoms with Crippen molar-refractivity contribution in [2.24, 2.45) is 0 Å². The number of hydrogen-bond donors (Lipinski definition) is 0. The maximum atomic E-state index is 14.2. The minimum atomic E-state index is -4.61. The molecular weight excluding hydrogens is 571 g/mol. The van der Waals surface area contributed by atoms with Crippen molar-refractivity contribution in [3.63, 3.8) is 0 Å². The normalized spacial score (nSPS) is 13.0. The van der Waals surface area contributed by atoms with E-state index in [1.807, 2.05) is 106 Å². The number of benzene rings is 4. The molecule has 0 aliphatic heterocycles. The van der Waals surface area contributed by atoms with Gasteiger partial charge in [-0.05, 0) is 78.4 Å². The summed E-state index contributed by atoms with van der Waals surface area (Å²) in [7, 11) is -1.72. The fraction of sp³-hybridized carbons (Fsp3) is 0.229. The lowest BCUT2D eigenvalue weighted by Crippen LogP contribution is -2.26. The lowest BCUT2D eigenvalue weighted by Gasteiger charge is -2.23. The maximum Gasteiger partial charge on any atom is 0.449 e. The van der Waals surface area contributed by atoms with Gasteiger partial charge >= 0.3 is 6.18 Å². The second-order valence-corrected chi connectivity index (χ2v) is 12.6. The first-order valence-electron chi connectivity index (χ1n) is 13.9. The number of aryl methyl sites for hydroxylation is 1. The fourth-order valence-electron chi connectivity index (χ4n) is 4.97. The van der Waals surface area contributed by atoms with E-state index in [1.165, 1.54) is 6.07 Å². The number of Topliss-reactive ketones (excluding diaryl/α,β-unsaturated/α-hetero) is 1. The Morgan fingerprint density at radius 3 is 2.23 bits per heavy atom. The third-order valence-corrected chi connectivity index (χ3v) is 9.49. The predicted octanol–water partition coefficient (Wildman–Crippen LogP) is 9.02. The molecule has 4 aromatic carbocycles. The van der Waals surface area contributed by atoms with Crippen molar-refractivity contribution in [3.05, 3.63) is 125 Å². The van der Waals surface area contributed by atoms with E-state index in [0.29, 0.717) is 4.90 Å². The highest BCUT2D eigenvalue weighted by Gasteiger charge is 2.35. The number of rotatable bonds is 9. The Hall–Kier alpha value is -4.01. The van der Waals surface area contributed by atoms with Gasteiger partial charge in [-0.1, -0.05) is 84.9 Å². The summed E-state index contributed by atoms with van der Waals surface area (Å²) in [5.41, 5.74) is 3.87. The Labute approximate surface area is 251 Å². The zero-order chi connectivity index (χ0) is 30.9. The van der Waals surface area contributed by atoms with Gasteiger partial charge < -0.3 is 4.42 Å². The van der Waals surface area contributed by atoms with E-state index in [4.69, 9.17) is 4.42 Å². The van der Waals surface area contributed by atoms with Crippen LogP contribution in [0.25, 0.3) is 21.9 Å². The second-order valence-electron chi connectivity index (χ2n) is 11.2. The van der Waals surface area contributed by atoms with Crippen molar-refractivity contribution in [2.75, 3.05) is 0 Å². The number of nitrogens with zero attached hydrogens (tertiary/aromatic N) is 1. The van der Waals surface area contributed by atoms with Crippen LogP contribution < -0.4 is 0 Å². The SMILES string of the molecule is CC(=O)C(C)(C)c1cccc(-c2ccc(CN(Cc3ccc(C(F)(F)F)o3)S(=O)c3c(C)ccc4ccccc34)cc2)c1. The van der Waals surface area contributed by atoms with E-state index in [-0.39, 0.29) is 24.6 Å². The minimum Gasteiger partial charge on any atom is -0.455 e. The molecule has 0 saturated heterocycles. The summed E-state index contributed by atoms with van der Waals surface area (Å²) >= 11 is 0. The monoisotopic (exact) mass is 603 g/mol. The van der Waals surface area contributed by atoms with Gasteiger partial charge in [0, 0.05) is 12.0 Å². The zero-order valence-electron chi connectivity index (χ0n) is 24.4. The highest BCUT2D eigenvalue weighted by molar-refractivity contribution is 7.83. The smallest absolute Gasteiger partial charge is 0.449 e.